The van der Waals surface area contributed by atoms with Crippen LogP contribution < -0.4 is 15.0 Å². The number of rotatable bonds is 4. The molecule has 2 aromatic rings. The molecule has 1 aliphatic rings. The first-order chi connectivity index (χ1) is 11.9. The van der Waals surface area contributed by atoms with Gasteiger partial charge in [0.25, 0.3) is 0 Å². The molecule has 1 aliphatic heterocycles. The Morgan fingerprint density at radius 2 is 1.92 bits per heavy atom. The summed E-state index contributed by atoms with van der Waals surface area (Å²) in [5, 5.41) is 5.62. The summed E-state index contributed by atoms with van der Waals surface area (Å²) in [6, 6.07) is 5.13. The van der Waals surface area contributed by atoms with Crippen molar-refractivity contribution in [1.82, 2.24) is 4.98 Å². The highest BCUT2D eigenvalue weighted by atomic mass is 32.1. The molecule has 1 aromatic heterocycles. The molecule has 25 heavy (non-hydrogen) atoms. The second-order valence-corrected chi connectivity index (χ2v) is 6.51. The number of ether oxygens (including phenoxy) is 1. The van der Waals surface area contributed by atoms with Crippen molar-refractivity contribution in [3.63, 3.8) is 0 Å². The van der Waals surface area contributed by atoms with Crippen molar-refractivity contribution >= 4 is 28.1 Å². The zero-order chi connectivity index (χ0) is 17.9. The van der Waals surface area contributed by atoms with Gasteiger partial charge in [-0.05, 0) is 37.1 Å². The monoisotopic (exact) mass is 371 g/mol. The van der Waals surface area contributed by atoms with E-state index >= 15 is 0 Å². The van der Waals surface area contributed by atoms with Crippen molar-refractivity contribution in [3.05, 3.63) is 35.8 Å². The molecule has 1 amide bonds. The molecule has 1 N–H and O–H groups in total. The summed E-state index contributed by atoms with van der Waals surface area (Å²) in [6.07, 6.45) is -1.55. The van der Waals surface area contributed by atoms with Gasteiger partial charge in [0.1, 0.15) is 5.75 Å². The fourth-order valence-electron chi connectivity index (χ4n) is 2.69. The molecule has 1 saturated heterocycles. The summed E-state index contributed by atoms with van der Waals surface area (Å²) in [6.45, 7) is 1.51. The van der Waals surface area contributed by atoms with Crippen LogP contribution in [0.15, 0.2) is 35.8 Å². The third kappa shape index (κ3) is 4.85. The average Bonchev–Trinajstić information content (AvgIpc) is 3.10. The third-order valence-electron chi connectivity index (χ3n) is 3.91. The van der Waals surface area contributed by atoms with Gasteiger partial charge in [-0.2, -0.15) is 0 Å². The van der Waals surface area contributed by atoms with Crippen LogP contribution >= 0.6 is 11.3 Å². The van der Waals surface area contributed by atoms with Crippen LogP contribution in [0.2, 0.25) is 0 Å². The predicted molar refractivity (Wildman–Crippen MR) is 88.8 cm³/mol. The molecule has 0 atom stereocenters. The smallest absolute Gasteiger partial charge is 0.406 e. The maximum Gasteiger partial charge on any atom is 0.573 e. The molecule has 5 nitrogen and oxygen atoms in total. The number of aromatic nitrogens is 1. The zero-order valence-corrected chi connectivity index (χ0v) is 13.9. The predicted octanol–water partition coefficient (Wildman–Crippen LogP) is 3.90. The lowest BCUT2D eigenvalue weighted by atomic mass is 9.96. The van der Waals surface area contributed by atoms with Crippen LogP contribution in [0.1, 0.15) is 12.8 Å². The summed E-state index contributed by atoms with van der Waals surface area (Å²) in [5.74, 6) is -0.562. The molecule has 1 aromatic carbocycles. The van der Waals surface area contributed by atoms with Crippen LogP contribution in [0.5, 0.6) is 5.75 Å². The molecule has 134 valence electrons. The highest BCUT2D eigenvalue weighted by Crippen LogP contribution is 2.27. The standard InChI is InChI=1S/C16H16F3N3O2S/c17-16(18,19)24-13-3-1-12(2-4-13)21-14(23)11-5-8-22(9-6-11)15-20-7-10-25-15/h1-4,7,10-11H,5-6,8-9H2,(H,21,23). The van der Waals surface area contributed by atoms with Gasteiger partial charge in [-0.1, -0.05) is 0 Å². The highest BCUT2D eigenvalue weighted by molar-refractivity contribution is 7.13. The van der Waals surface area contributed by atoms with Crippen LogP contribution in [0.3, 0.4) is 0 Å². The van der Waals surface area contributed by atoms with Gasteiger partial charge in [0.15, 0.2) is 5.13 Å². The highest BCUT2D eigenvalue weighted by Gasteiger charge is 2.31. The maximum absolute atomic E-state index is 12.3. The van der Waals surface area contributed by atoms with Gasteiger partial charge < -0.3 is 15.0 Å². The molecule has 0 aliphatic carbocycles. The fraction of sp³-hybridized carbons (Fsp3) is 0.375. The summed E-state index contributed by atoms with van der Waals surface area (Å²) in [4.78, 5) is 18.7. The molecule has 3 rings (SSSR count). The second-order valence-electron chi connectivity index (χ2n) is 5.64. The Morgan fingerprint density at radius 3 is 2.48 bits per heavy atom. The van der Waals surface area contributed by atoms with Crippen LogP contribution in [0.25, 0.3) is 0 Å². The van der Waals surface area contributed by atoms with Crippen molar-refractivity contribution < 1.29 is 22.7 Å². The van der Waals surface area contributed by atoms with E-state index in [9.17, 15) is 18.0 Å². The SMILES string of the molecule is O=C(Nc1ccc(OC(F)(F)F)cc1)C1CCN(c2nccs2)CC1. The number of hydrogen-bond donors (Lipinski definition) is 1. The fourth-order valence-corrected chi connectivity index (χ4v) is 3.39. The number of alkyl halides is 3. The van der Waals surface area contributed by atoms with E-state index in [0.717, 1.165) is 18.2 Å². The van der Waals surface area contributed by atoms with Gasteiger partial charge in [-0.25, -0.2) is 4.98 Å². The third-order valence-corrected chi connectivity index (χ3v) is 4.74. The van der Waals surface area contributed by atoms with E-state index in [1.807, 2.05) is 5.38 Å². The Kier molecular flexibility index (Phi) is 5.12. The van der Waals surface area contributed by atoms with Gasteiger partial charge >= 0.3 is 6.36 Å². The first-order valence-corrected chi connectivity index (χ1v) is 8.60. The Bertz CT molecular complexity index is 696. The molecule has 0 bridgehead atoms. The van der Waals surface area contributed by atoms with Gasteiger partial charge in [0.2, 0.25) is 5.91 Å². The molecule has 9 heteroatoms. The van der Waals surface area contributed by atoms with E-state index in [0.29, 0.717) is 18.5 Å². The van der Waals surface area contributed by atoms with E-state index in [-0.39, 0.29) is 17.6 Å². The first kappa shape index (κ1) is 17.5. The number of benzene rings is 1. The van der Waals surface area contributed by atoms with Crippen LogP contribution in [-0.2, 0) is 4.79 Å². The summed E-state index contributed by atoms with van der Waals surface area (Å²) < 4.78 is 40.2. The van der Waals surface area contributed by atoms with Crippen molar-refractivity contribution in [3.8, 4) is 5.75 Å². The number of piperidine rings is 1. The quantitative estimate of drug-likeness (QED) is 0.886. The van der Waals surface area contributed by atoms with E-state index in [1.54, 1.807) is 17.5 Å². The van der Waals surface area contributed by atoms with Gasteiger partial charge in [0, 0.05) is 36.3 Å². The molecule has 0 saturated carbocycles. The van der Waals surface area contributed by atoms with Crippen molar-refractivity contribution in [2.24, 2.45) is 5.92 Å². The lowest BCUT2D eigenvalue weighted by Crippen LogP contribution is -2.38. The number of hydrogen-bond acceptors (Lipinski definition) is 5. The summed E-state index contributed by atoms with van der Waals surface area (Å²) in [7, 11) is 0. The normalized spacial score (nSPS) is 15.9. The minimum Gasteiger partial charge on any atom is -0.406 e. The van der Waals surface area contributed by atoms with Crippen molar-refractivity contribution in [1.29, 1.82) is 0 Å². The van der Waals surface area contributed by atoms with E-state index in [1.165, 1.54) is 24.3 Å². The van der Waals surface area contributed by atoms with E-state index in [4.69, 9.17) is 0 Å². The van der Waals surface area contributed by atoms with E-state index in [2.05, 4.69) is 19.9 Å². The minimum atomic E-state index is -4.73. The number of amides is 1. The number of thiazole rings is 1. The number of nitrogens with zero attached hydrogens (tertiary/aromatic N) is 2. The number of halogens is 3. The molecule has 2 heterocycles. The average molecular weight is 371 g/mol. The number of carbonyl (C=O) groups excluding carboxylic acids is 1. The van der Waals surface area contributed by atoms with Crippen LogP contribution in [0, 0.1) is 5.92 Å². The van der Waals surface area contributed by atoms with Gasteiger partial charge in [-0.3, -0.25) is 4.79 Å². The molecule has 0 spiro atoms. The maximum atomic E-state index is 12.3. The second kappa shape index (κ2) is 7.30. The Hall–Kier alpha value is -2.29. The number of carbonyl (C=O) groups is 1. The molecule has 0 radical (unpaired) electrons. The lowest BCUT2D eigenvalue weighted by molar-refractivity contribution is -0.274. The summed E-state index contributed by atoms with van der Waals surface area (Å²) in [5.41, 5.74) is 0.446. The number of anilines is 2. The molecular weight excluding hydrogens is 355 g/mol. The van der Waals surface area contributed by atoms with Gasteiger partial charge in [-0.15, -0.1) is 24.5 Å². The molecular formula is C16H16F3N3O2S. The minimum absolute atomic E-state index is 0.122. The first-order valence-electron chi connectivity index (χ1n) is 7.72. The zero-order valence-electron chi connectivity index (χ0n) is 13.1. The number of nitrogens with one attached hydrogen (secondary N) is 1. The lowest BCUT2D eigenvalue weighted by Gasteiger charge is -2.31. The van der Waals surface area contributed by atoms with Crippen molar-refractivity contribution in [2.75, 3.05) is 23.3 Å². The molecule has 0 unspecified atom stereocenters. The van der Waals surface area contributed by atoms with Crippen molar-refractivity contribution in [2.45, 2.75) is 19.2 Å². The Labute approximate surface area is 146 Å². The topological polar surface area (TPSA) is 54.5 Å². The largest absolute Gasteiger partial charge is 0.573 e. The summed E-state index contributed by atoms with van der Waals surface area (Å²) >= 11 is 1.57. The molecule has 1 fully saturated rings. The Balaban J connectivity index is 1.51. The van der Waals surface area contributed by atoms with E-state index < -0.39 is 6.36 Å². The van der Waals surface area contributed by atoms with Crippen LogP contribution in [0.4, 0.5) is 24.0 Å². The van der Waals surface area contributed by atoms with Crippen LogP contribution in [-0.4, -0.2) is 30.3 Å². The Morgan fingerprint density at radius 1 is 1.24 bits per heavy atom. The van der Waals surface area contributed by atoms with Gasteiger partial charge in [0.05, 0.1) is 0 Å².